The Bertz CT molecular complexity index is 454. The Morgan fingerprint density at radius 1 is 1.50 bits per heavy atom. The van der Waals surface area contributed by atoms with Crippen LogP contribution in [-0.4, -0.2) is 5.11 Å². The van der Waals surface area contributed by atoms with Gasteiger partial charge in [0, 0.05) is 0 Å². The number of phenols is 1. The van der Waals surface area contributed by atoms with Crippen LogP contribution in [0.2, 0.25) is 5.02 Å². The molecule has 1 rings (SSSR count). The van der Waals surface area contributed by atoms with Crippen molar-refractivity contribution >= 4 is 11.6 Å². The first kappa shape index (κ1) is 10.4. The highest BCUT2D eigenvalue weighted by Crippen LogP contribution is 2.27. The third-order valence-corrected chi connectivity index (χ3v) is 1.71. The van der Waals surface area contributed by atoms with E-state index in [1.54, 1.807) is 6.07 Å². The first-order valence-electron chi connectivity index (χ1n) is 3.69. The van der Waals surface area contributed by atoms with Crippen LogP contribution in [0.3, 0.4) is 0 Å². The van der Waals surface area contributed by atoms with E-state index in [0.29, 0.717) is 0 Å². The molecule has 0 radical (unpaired) electrons. The molecule has 0 atom stereocenters. The summed E-state index contributed by atoms with van der Waals surface area (Å²) in [7, 11) is 0. The number of aromatic hydroxyl groups is 1. The van der Waals surface area contributed by atoms with Gasteiger partial charge in [-0.1, -0.05) is 23.4 Å². The lowest BCUT2D eigenvalue weighted by atomic mass is 10.2. The fourth-order valence-electron chi connectivity index (χ4n) is 0.840. The molecule has 0 aliphatic rings. The molecular weight excluding hydrogens is 205 g/mol. The number of phenolic OH excluding ortho intramolecular Hbond substituents is 1. The Morgan fingerprint density at radius 2 is 2.21 bits per heavy atom. The van der Waals surface area contributed by atoms with Gasteiger partial charge in [0.15, 0.2) is 0 Å². The van der Waals surface area contributed by atoms with Crippen molar-refractivity contribution in [2.24, 2.45) is 0 Å². The quantitative estimate of drug-likeness (QED) is 0.667. The van der Waals surface area contributed by atoms with E-state index in [2.05, 4.69) is 11.8 Å². The lowest BCUT2D eigenvalue weighted by Gasteiger charge is -1.99. The van der Waals surface area contributed by atoms with Crippen molar-refractivity contribution in [2.75, 3.05) is 0 Å². The zero-order valence-electron chi connectivity index (χ0n) is 7.01. The second-order valence-electron chi connectivity index (χ2n) is 2.42. The lowest BCUT2D eigenvalue weighted by molar-refractivity contribution is 0.471. The summed E-state index contributed by atoms with van der Waals surface area (Å²) >= 11 is 5.51. The molecule has 0 aliphatic carbocycles. The second-order valence-corrected chi connectivity index (χ2v) is 2.83. The van der Waals surface area contributed by atoms with E-state index in [4.69, 9.17) is 16.9 Å². The smallest absolute Gasteiger partial charge is 0.149 e. The maximum Gasteiger partial charge on any atom is 0.149 e. The molecule has 0 fully saturated rings. The molecule has 0 heterocycles. The summed E-state index contributed by atoms with van der Waals surface area (Å²) in [6, 6.07) is 3.86. The second kappa shape index (κ2) is 4.50. The average molecular weight is 210 g/mol. The minimum atomic E-state index is -0.575. The van der Waals surface area contributed by atoms with Gasteiger partial charge in [-0.25, -0.2) is 4.39 Å². The Labute approximate surface area is 85.5 Å². The summed E-state index contributed by atoms with van der Waals surface area (Å²) in [5.41, 5.74) is 0.0882. The summed E-state index contributed by atoms with van der Waals surface area (Å²) in [5.74, 6) is 4.06. The van der Waals surface area contributed by atoms with Gasteiger partial charge >= 0.3 is 0 Å². The summed E-state index contributed by atoms with van der Waals surface area (Å²) in [4.78, 5) is 0. The molecule has 0 saturated carbocycles. The zero-order chi connectivity index (χ0) is 10.6. The number of hydrogen-bond donors (Lipinski definition) is 1. The highest BCUT2D eigenvalue weighted by atomic mass is 35.5. The lowest BCUT2D eigenvalue weighted by Crippen LogP contribution is -1.82. The molecule has 0 bridgehead atoms. The standard InChI is InChI=1S/C10H5ClFNO/c11-9-6-8(12)5-7(10(9)14)3-1-2-4-13/h5-6,14H,2H2. The van der Waals surface area contributed by atoms with Crippen LogP contribution < -0.4 is 0 Å². The molecule has 1 N–H and O–H groups in total. The molecule has 1 aromatic carbocycles. The highest BCUT2D eigenvalue weighted by molar-refractivity contribution is 6.32. The van der Waals surface area contributed by atoms with E-state index in [0.717, 1.165) is 12.1 Å². The van der Waals surface area contributed by atoms with Gasteiger partial charge in [0.1, 0.15) is 11.6 Å². The van der Waals surface area contributed by atoms with Gasteiger partial charge < -0.3 is 5.11 Å². The maximum atomic E-state index is 12.8. The van der Waals surface area contributed by atoms with Crippen molar-refractivity contribution in [3.05, 3.63) is 28.5 Å². The van der Waals surface area contributed by atoms with Gasteiger partial charge in [0.25, 0.3) is 0 Å². The van der Waals surface area contributed by atoms with E-state index in [-0.39, 0.29) is 22.8 Å². The largest absolute Gasteiger partial charge is 0.505 e. The summed E-state index contributed by atoms with van der Waals surface area (Å²) in [6.07, 6.45) is 0.0214. The highest BCUT2D eigenvalue weighted by Gasteiger charge is 2.05. The monoisotopic (exact) mass is 209 g/mol. The molecule has 70 valence electrons. The van der Waals surface area contributed by atoms with Crippen molar-refractivity contribution in [2.45, 2.75) is 6.42 Å². The summed E-state index contributed by atoms with van der Waals surface area (Å²) in [5, 5.41) is 17.5. The van der Waals surface area contributed by atoms with Crippen LogP contribution in [0.5, 0.6) is 5.75 Å². The number of rotatable bonds is 0. The maximum absolute atomic E-state index is 12.8. The van der Waals surface area contributed by atoms with Crippen LogP contribution in [0, 0.1) is 29.0 Å². The first-order valence-corrected chi connectivity index (χ1v) is 4.06. The molecule has 0 saturated heterocycles. The Kier molecular flexibility index (Phi) is 3.34. The first-order chi connectivity index (χ1) is 6.65. The van der Waals surface area contributed by atoms with Gasteiger partial charge in [-0.15, -0.1) is 0 Å². The molecule has 14 heavy (non-hydrogen) atoms. The molecular formula is C10H5ClFNO. The minimum Gasteiger partial charge on any atom is -0.505 e. The Balaban J connectivity index is 3.11. The van der Waals surface area contributed by atoms with E-state index in [1.807, 2.05) is 0 Å². The van der Waals surface area contributed by atoms with Gasteiger partial charge in [0.05, 0.1) is 23.1 Å². The molecule has 1 aromatic rings. The number of benzene rings is 1. The van der Waals surface area contributed by atoms with Crippen LogP contribution in [0.1, 0.15) is 12.0 Å². The predicted molar refractivity (Wildman–Crippen MR) is 50.2 cm³/mol. The Hall–Kier alpha value is -1.71. The van der Waals surface area contributed by atoms with Crippen molar-refractivity contribution < 1.29 is 9.50 Å². The SMILES string of the molecule is N#CCC#Cc1cc(F)cc(Cl)c1O. The molecule has 0 amide bonds. The molecule has 0 spiro atoms. The van der Waals surface area contributed by atoms with E-state index < -0.39 is 5.82 Å². The number of halogens is 2. The summed E-state index contributed by atoms with van der Waals surface area (Å²) in [6.45, 7) is 0. The normalized spacial score (nSPS) is 8.64. The van der Waals surface area contributed by atoms with Crippen molar-refractivity contribution in [1.82, 2.24) is 0 Å². The van der Waals surface area contributed by atoms with Gasteiger partial charge in [-0.3, -0.25) is 0 Å². The van der Waals surface area contributed by atoms with Crippen LogP contribution in [0.15, 0.2) is 12.1 Å². The van der Waals surface area contributed by atoms with E-state index >= 15 is 0 Å². The molecule has 0 unspecified atom stereocenters. The number of nitriles is 1. The van der Waals surface area contributed by atoms with Crippen molar-refractivity contribution in [3.63, 3.8) is 0 Å². The average Bonchev–Trinajstić information content (AvgIpc) is 2.13. The van der Waals surface area contributed by atoms with Gasteiger partial charge in [-0.05, 0) is 12.1 Å². The van der Waals surface area contributed by atoms with Crippen LogP contribution in [0.4, 0.5) is 4.39 Å². The van der Waals surface area contributed by atoms with Gasteiger partial charge in [0.2, 0.25) is 0 Å². The van der Waals surface area contributed by atoms with E-state index in [9.17, 15) is 9.50 Å². The van der Waals surface area contributed by atoms with E-state index in [1.165, 1.54) is 0 Å². The Morgan fingerprint density at radius 3 is 2.86 bits per heavy atom. The molecule has 0 aliphatic heterocycles. The fourth-order valence-corrected chi connectivity index (χ4v) is 1.05. The number of nitrogens with zero attached hydrogens (tertiary/aromatic N) is 1. The molecule has 2 nitrogen and oxygen atoms in total. The molecule has 0 aromatic heterocycles. The van der Waals surface area contributed by atoms with Crippen molar-refractivity contribution in [1.29, 1.82) is 5.26 Å². The van der Waals surface area contributed by atoms with Crippen LogP contribution in [0.25, 0.3) is 0 Å². The predicted octanol–water partition coefficient (Wildman–Crippen LogP) is 2.45. The summed E-state index contributed by atoms with van der Waals surface area (Å²) < 4.78 is 12.8. The minimum absolute atomic E-state index is 0.0214. The van der Waals surface area contributed by atoms with Crippen molar-refractivity contribution in [3.8, 4) is 23.7 Å². The third-order valence-electron chi connectivity index (χ3n) is 1.42. The topological polar surface area (TPSA) is 44.0 Å². The number of hydrogen-bond acceptors (Lipinski definition) is 2. The van der Waals surface area contributed by atoms with Crippen LogP contribution in [-0.2, 0) is 0 Å². The van der Waals surface area contributed by atoms with Gasteiger partial charge in [-0.2, -0.15) is 5.26 Å². The van der Waals surface area contributed by atoms with Crippen LogP contribution >= 0.6 is 11.6 Å². The fraction of sp³-hybridized carbons (Fsp3) is 0.100. The third kappa shape index (κ3) is 2.39. The zero-order valence-corrected chi connectivity index (χ0v) is 7.77. The molecule has 4 heteroatoms.